The number of rotatable bonds is 8. The minimum atomic E-state index is -0.483. The van der Waals surface area contributed by atoms with Gasteiger partial charge in [0.05, 0.1) is 24.3 Å². The molecule has 0 aliphatic heterocycles. The van der Waals surface area contributed by atoms with E-state index in [1.807, 2.05) is 31.2 Å². The van der Waals surface area contributed by atoms with Crippen molar-refractivity contribution >= 4 is 11.8 Å². The van der Waals surface area contributed by atoms with Crippen LogP contribution in [0.2, 0.25) is 0 Å². The van der Waals surface area contributed by atoms with Gasteiger partial charge < -0.3 is 15.8 Å². The van der Waals surface area contributed by atoms with Gasteiger partial charge >= 0.3 is 0 Å². The molecule has 2 rings (SSSR count). The van der Waals surface area contributed by atoms with Gasteiger partial charge in [-0.05, 0) is 31.0 Å². The van der Waals surface area contributed by atoms with Crippen LogP contribution >= 0.6 is 0 Å². The molecule has 0 radical (unpaired) electrons. The van der Waals surface area contributed by atoms with Crippen molar-refractivity contribution in [2.75, 3.05) is 13.2 Å². The van der Waals surface area contributed by atoms with E-state index in [1.54, 1.807) is 17.9 Å². The average Bonchev–Trinajstić information content (AvgIpc) is 2.99. The van der Waals surface area contributed by atoms with Crippen molar-refractivity contribution in [2.45, 2.75) is 13.3 Å². The highest BCUT2D eigenvalue weighted by atomic mass is 16.5. The third-order valence-corrected chi connectivity index (χ3v) is 3.59. The first-order chi connectivity index (χ1) is 11.5. The molecule has 0 saturated heterocycles. The molecule has 1 aromatic carbocycles. The van der Waals surface area contributed by atoms with Crippen LogP contribution in [0.15, 0.2) is 36.7 Å². The summed E-state index contributed by atoms with van der Waals surface area (Å²) in [6, 6.07) is 7.49. The fourth-order valence-electron chi connectivity index (χ4n) is 2.30. The smallest absolute Gasteiger partial charge is 0.254 e. The third kappa shape index (κ3) is 4.84. The Balaban J connectivity index is 1.94. The lowest BCUT2D eigenvalue weighted by Crippen LogP contribution is -2.37. The van der Waals surface area contributed by atoms with Gasteiger partial charge in [-0.1, -0.05) is 12.1 Å². The summed E-state index contributed by atoms with van der Waals surface area (Å²) in [5.74, 6) is -0.429. The molecule has 0 aliphatic rings. The first-order valence-electron chi connectivity index (χ1n) is 7.77. The second-order valence-electron chi connectivity index (χ2n) is 5.49. The zero-order chi connectivity index (χ0) is 17.5. The SMILES string of the molecule is CCOc1ccc(C[C@@H](CNC(=O)c2cnn(C)c2)C(N)=O)cc1. The number of hydrogen-bond acceptors (Lipinski definition) is 4. The largest absolute Gasteiger partial charge is 0.494 e. The Morgan fingerprint density at radius 3 is 2.58 bits per heavy atom. The maximum absolute atomic E-state index is 12.0. The van der Waals surface area contributed by atoms with Crippen LogP contribution in [0.5, 0.6) is 5.75 Å². The van der Waals surface area contributed by atoms with Gasteiger partial charge in [0.1, 0.15) is 5.75 Å². The molecule has 0 aliphatic carbocycles. The molecule has 0 spiro atoms. The monoisotopic (exact) mass is 330 g/mol. The van der Waals surface area contributed by atoms with Crippen molar-refractivity contribution in [1.29, 1.82) is 0 Å². The van der Waals surface area contributed by atoms with E-state index in [1.165, 1.54) is 6.20 Å². The van der Waals surface area contributed by atoms with Crippen molar-refractivity contribution in [3.05, 3.63) is 47.8 Å². The predicted molar refractivity (Wildman–Crippen MR) is 89.5 cm³/mol. The number of benzene rings is 1. The molecule has 0 saturated carbocycles. The number of aromatic nitrogens is 2. The van der Waals surface area contributed by atoms with E-state index in [0.717, 1.165) is 11.3 Å². The van der Waals surface area contributed by atoms with Gasteiger partial charge in [-0.3, -0.25) is 14.3 Å². The number of amides is 2. The Morgan fingerprint density at radius 2 is 2.04 bits per heavy atom. The topological polar surface area (TPSA) is 99.2 Å². The molecule has 1 heterocycles. The van der Waals surface area contributed by atoms with Crippen LogP contribution < -0.4 is 15.8 Å². The van der Waals surface area contributed by atoms with Crippen LogP contribution in [0.3, 0.4) is 0 Å². The second kappa shape index (κ2) is 8.14. The van der Waals surface area contributed by atoms with Gasteiger partial charge in [0.25, 0.3) is 5.91 Å². The Labute approximate surface area is 140 Å². The molecule has 1 aromatic heterocycles. The Kier molecular flexibility index (Phi) is 5.95. The van der Waals surface area contributed by atoms with Crippen LogP contribution in [0.4, 0.5) is 0 Å². The molecule has 7 heteroatoms. The van der Waals surface area contributed by atoms with Gasteiger partial charge in [-0.15, -0.1) is 0 Å². The summed E-state index contributed by atoms with van der Waals surface area (Å²) < 4.78 is 6.93. The minimum Gasteiger partial charge on any atom is -0.494 e. The lowest BCUT2D eigenvalue weighted by Gasteiger charge is -2.14. The highest BCUT2D eigenvalue weighted by molar-refractivity contribution is 5.94. The standard InChI is InChI=1S/C17H22N4O3/c1-3-24-15-6-4-12(5-7-15)8-13(16(18)22)9-19-17(23)14-10-20-21(2)11-14/h4-7,10-11,13H,3,8-9H2,1-2H3,(H2,18,22)(H,19,23)/t13-/m0/s1. The Hall–Kier alpha value is -2.83. The number of primary amides is 1. The van der Waals surface area contributed by atoms with Gasteiger partial charge in [-0.25, -0.2) is 0 Å². The van der Waals surface area contributed by atoms with E-state index < -0.39 is 11.8 Å². The number of ether oxygens (including phenoxy) is 1. The molecule has 2 aromatic rings. The Morgan fingerprint density at radius 1 is 1.33 bits per heavy atom. The van der Waals surface area contributed by atoms with E-state index in [2.05, 4.69) is 10.4 Å². The molecule has 2 amide bonds. The van der Waals surface area contributed by atoms with E-state index in [0.29, 0.717) is 18.6 Å². The normalized spacial score (nSPS) is 11.8. The van der Waals surface area contributed by atoms with Gasteiger partial charge in [0, 0.05) is 19.8 Å². The average molecular weight is 330 g/mol. The molecule has 0 unspecified atom stereocenters. The van der Waals surface area contributed by atoms with Crippen molar-refractivity contribution < 1.29 is 14.3 Å². The zero-order valence-corrected chi connectivity index (χ0v) is 13.9. The summed E-state index contributed by atoms with van der Waals surface area (Å²) in [6.07, 6.45) is 3.54. The summed E-state index contributed by atoms with van der Waals surface area (Å²) in [6.45, 7) is 2.70. The van der Waals surface area contributed by atoms with E-state index in [-0.39, 0.29) is 12.5 Å². The van der Waals surface area contributed by atoms with Crippen molar-refractivity contribution in [3.63, 3.8) is 0 Å². The number of carbonyl (C=O) groups is 2. The number of nitrogens with two attached hydrogens (primary N) is 1. The second-order valence-corrected chi connectivity index (χ2v) is 5.49. The summed E-state index contributed by atoms with van der Waals surface area (Å²) in [5, 5.41) is 6.67. The first kappa shape index (κ1) is 17.5. The molecule has 128 valence electrons. The molecule has 1 atom stereocenters. The fraction of sp³-hybridized carbons (Fsp3) is 0.353. The quantitative estimate of drug-likeness (QED) is 0.751. The van der Waals surface area contributed by atoms with E-state index in [4.69, 9.17) is 10.5 Å². The van der Waals surface area contributed by atoms with Crippen LogP contribution in [0.25, 0.3) is 0 Å². The van der Waals surface area contributed by atoms with Gasteiger partial charge in [-0.2, -0.15) is 5.10 Å². The van der Waals surface area contributed by atoms with Crippen molar-refractivity contribution in [3.8, 4) is 5.75 Å². The zero-order valence-electron chi connectivity index (χ0n) is 13.9. The molecule has 3 N–H and O–H groups in total. The molecule has 0 bridgehead atoms. The lowest BCUT2D eigenvalue weighted by molar-refractivity contribution is -0.121. The summed E-state index contributed by atoms with van der Waals surface area (Å²) in [5.41, 5.74) is 6.86. The summed E-state index contributed by atoms with van der Waals surface area (Å²) >= 11 is 0. The number of carbonyl (C=O) groups excluding carboxylic acids is 2. The molecular weight excluding hydrogens is 308 g/mol. The predicted octanol–water partition coefficient (Wildman–Crippen LogP) is 0.893. The first-order valence-corrected chi connectivity index (χ1v) is 7.77. The van der Waals surface area contributed by atoms with Gasteiger partial charge in [0.15, 0.2) is 0 Å². The van der Waals surface area contributed by atoms with Gasteiger partial charge in [0.2, 0.25) is 5.91 Å². The van der Waals surface area contributed by atoms with E-state index in [9.17, 15) is 9.59 Å². The highest BCUT2D eigenvalue weighted by Crippen LogP contribution is 2.15. The molecule has 7 nitrogen and oxygen atoms in total. The Bertz CT molecular complexity index is 694. The fourth-order valence-corrected chi connectivity index (χ4v) is 2.30. The molecule has 0 fully saturated rings. The van der Waals surface area contributed by atoms with Crippen LogP contribution in [0.1, 0.15) is 22.8 Å². The van der Waals surface area contributed by atoms with Crippen LogP contribution in [-0.2, 0) is 18.3 Å². The summed E-state index contributed by atoms with van der Waals surface area (Å²) in [7, 11) is 1.73. The summed E-state index contributed by atoms with van der Waals surface area (Å²) in [4.78, 5) is 23.7. The number of aryl methyl sites for hydroxylation is 1. The van der Waals surface area contributed by atoms with Crippen LogP contribution in [-0.4, -0.2) is 34.7 Å². The van der Waals surface area contributed by atoms with E-state index >= 15 is 0 Å². The molecular formula is C17H22N4O3. The van der Waals surface area contributed by atoms with Crippen molar-refractivity contribution in [1.82, 2.24) is 15.1 Å². The number of hydrogen-bond donors (Lipinski definition) is 2. The third-order valence-electron chi connectivity index (χ3n) is 3.59. The maximum atomic E-state index is 12.0. The molecule has 24 heavy (non-hydrogen) atoms. The van der Waals surface area contributed by atoms with Crippen molar-refractivity contribution in [2.24, 2.45) is 18.7 Å². The highest BCUT2D eigenvalue weighted by Gasteiger charge is 2.18. The number of nitrogens with zero attached hydrogens (tertiary/aromatic N) is 2. The lowest BCUT2D eigenvalue weighted by atomic mass is 9.98. The number of nitrogens with one attached hydrogen (secondary N) is 1. The minimum absolute atomic E-state index is 0.177. The maximum Gasteiger partial charge on any atom is 0.254 e. The van der Waals surface area contributed by atoms with Crippen LogP contribution in [0, 0.1) is 5.92 Å².